The van der Waals surface area contributed by atoms with E-state index < -0.39 is 0 Å². The zero-order valence-electron chi connectivity index (χ0n) is 9.33. The Morgan fingerprint density at radius 1 is 1.56 bits per heavy atom. The lowest BCUT2D eigenvalue weighted by molar-refractivity contribution is -0.123. The van der Waals surface area contributed by atoms with Gasteiger partial charge in [0.25, 0.3) is 0 Å². The maximum absolute atomic E-state index is 11.7. The van der Waals surface area contributed by atoms with Gasteiger partial charge in [0, 0.05) is 19.2 Å². The van der Waals surface area contributed by atoms with Gasteiger partial charge in [0.05, 0.1) is 18.1 Å². The van der Waals surface area contributed by atoms with Crippen molar-refractivity contribution in [3.05, 3.63) is 18.2 Å². The predicted octanol–water partition coefficient (Wildman–Crippen LogP) is 0.210. The number of hydrogen-bond donors (Lipinski definition) is 3. The van der Waals surface area contributed by atoms with Crippen molar-refractivity contribution >= 4 is 5.91 Å². The van der Waals surface area contributed by atoms with E-state index in [2.05, 4.69) is 20.6 Å². The van der Waals surface area contributed by atoms with Crippen LogP contribution in [0.4, 0.5) is 0 Å². The molecule has 0 aromatic carbocycles. The number of aromatic amines is 1. The number of imidazole rings is 1. The van der Waals surface area contributed by atoms with Crippen LogP contribution in [0.15, 0.2) is 12.5 Å². The van der Waals surface area contributed by atoms with Gasteiger partial charge in [-0.1, -0.05) is 6.42 Å². The number of H-pyrrole nitrogens is 1. The van der Waals surface area contributed by atoms with Crippen LogP contribution in [0.1, 0.15) is 25.0 Å². The SMILES string of the molecule is O=C(NCCc1c[nH]cn1)C1CCCCN1. The average Bonchev–Trinajstić information content (AvgIpc) is 2.83. The van der Waals surface area contributed by atoms with Gasteiger partial charge in [-0.15, -0.1) is 0 Å². The lowest BCUT2D eigenvalue weighted by atomic mass is 10.0. The Morgan fingerprint density at radius 3 is 3.19 bits per heavy atom. The van der Waals surface area contributed by atoms with Gasteiger partial charge in [0.1, 0.15) is 0 Å². The van der Waals surface area contributed by atoms with Crippen molar-refractivity contribution in [3.8, 4) is 0 Å². The van der Waals surface area contributed by atoms with Crippen LogP contribution in [0.25, 0.3) is 0 Å². The summed E-state index contributed by atoms with van der Waals surface area (Å²) in [5, 5.41) is 6.16. The number of nitrogens with one attached hydrogen (secondary N) is 3. The molecule has 5 heteroatoms. The number of piperidine rings is 1. The minimum Gasteiger partial charge on any atom is -0.354 e. The van der Waals surface area contributed by atoms with E-state index in [9.17, 15) is 4.79 Å². The van der Waals surface area contributed by atoms with Crippen molar-refractivity contribution in [2.75, 3.05) is 13.1 Å². The van der Waals surface area contributed by atoms with Crippen molar-refractivity contribution in [1.82, 2.24) is 20.6 Å². The first-order valence-corrected chi connectivity index (χ1v) is 5.85. The third-order valence-electron chi connectivity index (χ3n) is 2.86. The zero-order chi connectivity index (χ0) is 11.2. The molecule has 0 radical (unpaired) electrons. The third-order valence-corrected chi connectivity index (χ3v) is 2.86. The van der Waals surface area contributed by atoms with Crippen molar-refractivity contribution in [2.24, 2.45) is 0 Å². The standard InChI is InChI=1S/C11H18N4O/c16-11(10-3-1-2-5-13-10)14-6-4-9-7-12-8-15-9/h7-8,10,13H,1-6H2,(H,12,15)(H,14,16). The van der Waals surface area contributed by atoms with Gasteiger partial charge in [-0.25, -0.2) is 4.98 Å². The predicted molar refractivity (Wildman–Crippen MR) is 60.9 cm³/mol. The summed E-state index contributed by atoms with van der Waals surface area (Å²) in [5.41, 5.74) is 0.983. The Bertz CT molecular complexity index is 317. The van der Waals surface area contributed by atoms with Gasteiger partial charge < -0.3 is 15.6 Å². The van der Waals surface area contributed by atoms with E-state index in [1.807, 2.05) is 6.20 Å². The first-order valence-electron chi connectivity index (χ1n) is 5.85. The summed E-state index contributed by atoms with van der Waals surface area (Å²) in [4.78, 5) is 18.7. The molecule has 3 N–H and O–H groups in total. The quantitative estimate of drug-likeness (QED) is 0.682. The number of carbonyl (C=O) groups excluding carboxylic acids is 1. The molecule has 1 aliphatic heterocycles. The average molecular weight is 222 g/mol. The zero-order valence-corrected chi connectivity index (χ0v) is 9.33. The van der Waals surface area contributed by atoms with Gasteiger partial charge in [-0.05, 0) is 19.4 Å². The summed E-state index contributed by atoms with van der Waals surface area (Å²) in [6.45, 7) is 1.61. The largest absolute Gasteiger partial charge is 0.354 e. The van der Waals surface area contributed by atoms with Crippen molar-refractivity contribution < 1.29 is 4.79 Å². The highest BCUT2D eigenvalue weighted by Crippen LogP contribution is 2.06. The summed E-state index contributed by atoms with van der Waals surface area (Å²) in [6, 6.07) is 0.00735. The monoisotopic (exact) mass is 222 g/mol. The number of rotatable bonds is 4. The topological polar surface area (TPSA) is 69.8 Å². The number of carbonyl (C=O) groups is 1. The van der Waals surface area contributed by atoms with Crippen molar-refractivity contribution in [2.45, 2.75) is 31.7 Å². The summed E-state index contributed by atoms with van der Waals surface area (Å²) in [7, 11) is 0. The number of aromatic nitrogens is 2. The van der Waals surface area contributed by atoms with Gasteiger partial charge >= 0.3 is 0 Å². The molecule has 0 aliphatic carbocycles. The van der Waals surface area contributed by atoms with E-state index in [0.29, 0.717) is 6.54 Å². The van der Waals surface area contributed by atoms with Crippen LogP contribution < -0.4 is 10.6 Å². The Hall–Kier alpha value is -1.36. The Labute approximate surface area is 95.0 Å². The van der Waals surface area contributed by atoms with Gasteiger partial charge in [0.2, 0.25) is 5.91 Å². The second-order valence-electron chi connectivity index (χ2n) is 4.10. The Morgan fingerprint density at radius 2 is 2.50 bits per heavy atom. The Kier molecular flexibility index (Phi) is 3.93. The highest BCUT2D eigenvalue weighted by molar-refractivity contribution is 5.81. The molecule has 1 unspecified atom stereocenters. The molecule has 0 saturated carbocycles. The molecule has 1 aromatic heterocycles. The van der Waals surface area contributed by atoms with Crippen molar-refractivity contribution in [1.29, 1.82) is 0 Å². The van der Waals surface area contributed by atoms with Crippen LogP contribution in [0.5, 0.6) is 0 Å². The van der Waals surface area contributed by atoms with Crippen LogP contribution in [0, 0.1) is 0 Å². The fourth-order valence-corrected chi connectivity index (χ4v) is 1.94. The van der Waals surface area contributed by atoms with Crippen LogP contribution >= 0.6 is 0 Å². The highest BCUT2D eigenvalue weighted by atomic mass is 16.2. The lowest BCUT2D eigenvalue weighted by Gasteiger charge is -2.22. The first-order chi connectivity index (χ1) is 7.86. The van der Waals surface area contributed by atoms with E-state index in [1.54, 1.807) is 6.33 Å². The molecule has 1 aromatic rings. The molecular formula is C11H18N4O. The summed E-state index contributed by atoms with van der Waals surface area (Å²) < 4.78 is 0. The molecule has 1 atom stereocenters. The number of amides is 1. The second kappa shape index (κ2) is 5.65. The minimum atomic E-state index is 0.00735. The Balaban J connectivity index is 1.67. The molecule has 1 aliphatic rings. The van der Waals surface area contributed by atoms with E-state index in [4.69, 9.17) is 0 Å². The second-order valence-corrected chi connectivity index (χ2v) is 4.10. The molecule has 88 valence electrons. The van der Waals surface area contributed by atoms with Crippen LogP contribution in [-0.4, -0.2) is 35.0 Å². The molecule has 0 spiro atoms. The molecule has 0 bridgehead atoms. The van der Waals surface area contributed by atoms with Gasteiger partial charge in [0.15, 0.2) is 0 Å². The molecular weight excluding hydrogens is 204 g/mol. The third kappa shape index (κ3) is 3.06. The first kappa shape index (κ1) is 11.1. The molecule has 1 fully saturated rings. The van der Waals surface area contributed by atoms with E-state index in [-0.39, 0.29) is 11.9 Å². The van der Waals surface area contributed by atoms with Crippen LogP contribution in [0.3, 0.4) is 0 Å². The normalized spacial score (nSPS) is 20.6. The summed E-state index contributed by atoms with van der Waals surface area (Å²) in [6.07, 6.45) is 7.56. The van der Waals surface area contributed by atoms with E-state index in [1.165, 1.54) is 6.42 Å². The summed E-state index contributed by atoms with van der Waals surface area (Å²) >= 11 is 0. The molecule has 5 nitrogen and oxygen atoms in total. The fraction of sp³-hybridized carbons (Fsp3) is 0.636. The maximum Gasteiger partial charge on any atom is 0.237 e. The maximum atomic E-state index is 11.7. The number of hydrogen-bond acceptors (Lipinski definition) is 3. The van der Waals surface area contributed by atoms with Gasteiger partial charge in [-0.3, -0.25) is 4.79 Å². The van der Waals surface area contributed by atoms with E-state index >= 15 is 0 Å². The minimum absolute atomic E-state index is 0.00735. The molecule has 2 rings (SSSR count). The van der Waals surface area contributed by atoms with E-state index in [0.717, 1.165) is 31.5 Å². The molecule has 2 heterocycles. The molecule has 16 heavy (non-hydrogen) atoms. The number of nitrogens with zero attached hydrogens (tertiary/aromatic N) is 1. The van der Waals surface area contributed by atoms with Crippen LogP contribution in [-0.2, 0) is 11.2 Å². The van der Waals surface area contributed by atoms with Crippen molar-refractivity contribution in [3.63, 3.8) is 0 Å². The lowest BCUT2D eigenvalue weighted by Crippen LogP contribution is -2.47. The molecule has 1 amide bonds. The fourth-order valence-electron chi connectivity index (χ4n) is 1.94. The van der Waals surface area contributed by atoms with Gasteiger partial charge in [-0.2, -0.15) is 0 Å². The molecule has 1 saturated heterocycles. The highest BCUT2D eigenvalue weighted by Gasteiger charge is 2.19. The summed E-state index contributed by atoms with van der Waals surface area (Å²) in [5.74, 6) is 0.121. The smallest absolute Gasteiger partial charge is 0.237 e. The van der Waals surface area contributed by atoms with Crippen LogP contribution in [0.2, 0.25) is 0 Å².